The van der Waals surface area contributed by atoms with E-state index in [2.05, 4.69) is 9.97 Å². The van der Waals surface area contributed by atoms with Gasteiger partial charge in [-0.05, 0) is 37.1 Å². The SMILES string of the molecule is O=C(c1ccc(F)cc1-c1ccncn1)N1CCC(O)CC1. The Morgan fingerprint density at radius 1 is 1.27 bits per heavy atom. The fourth-order valence-corrected chi connectivity index (χ4v) is 2.60. The summed E-state index contributed by atoms with van der Waals surface area (Å²) in [5.41, 5.74) is 1.38. The van der Waals surface area contributed by atoms with Gasteiger partial charge in [-0.2, -0.15) is 0 Å². The number of piperidine rings is 1. The molecule has 1 aliphatic rings. The average Bonchev–Trinajstić information content (AvgIpc) is 2.56. The molecule has 0 radical (unpaired) electrons. The van der Waals surface area contributed by atoms with Gasteiger partial charge in [-0.15, -0.1) is 0 Å². The molecular weight excluding hydrogens is 285 g/mol. The van der Waals surface area contributed by atoms with Gasteiger partial charge >= 0.3 is 0 Å². The number of amides is 1. The molecule has 0 spiro atoms. The smallest absolute Gasteiger partial charge is 0.254 e. The Kier molecular flexibility index (Phi) is 4.11. The van der Waals surface area contributed by atoms with E-state index in [1.165, 1.54) is 24.5 Å². The van der Waals surface area contributed by atoms with Gasteiger partial charge in [0.1, 0.15) is 12.1 Å². The monoisotopic (exact) mass is 301 g/mol. The number of nitrogens with zero attached hydrogens (tertiary/aromatic N) is 3. The Morgan fingerprint density at radius 3 is 2.73 bits per heavy atom. The molecule has 22 heavy (non-hydrogen) atoms. The first-order chi connectivity index (χ1) is 10.6. The van der Waals surface area contributed by atoms with E-state index in [4.69, 9.17) is 0 Å². The Bertz CT molecular complexity index is 670. The van der Waals surface area contributed by atoms with Crippen LogP contribution in [0.25, 0.3) is 11.3 Å². The van der Waals surface area contributed by atoms with E-state index in [9.17, 15) is 14.3 Å². The van der Waals surface area contributed by atoms with Crippen LogP contribution in [0.15, 0.2) is 36.8 Å². The molecule has 114 valence electrons. The first-order valence-corrected chi connectivity index (χ1v) is 7.18. The van der Waals surface area contributed by atoms with Crippen molar-refractivity contribution in [2.24, 2.45) is 0 Å². The summed E-state index contributed by atoms with van der Waals surface area (Å²) in [5.74, 6) is -0.584. The fourth-order valence-electron chi connectivity index (χ4n) is 2.60. The molecule has 6 heteroatoms. The Balaban J connectivity index is 1.95. The highest BCUT2D eigenvalue weighted by Gasteiger charge is 2.24. The number of carbonyl (C=O) groups is 1. The Morgan fingerprint density at radius 2 is 2.05 bits per heavy atom. The lowest BCUT2D eigenvalue weighted by Crippen LogP contribution is -2.40. The lowest BCUT2D eigenvalue weighted by molar-refractivity contribution is 0.0547. The molecule has 1 N–H and O–H groups in total. The number of benzene rings is 1. The molecular formula is C16H16FN3O2. The summed E-state index contributed by atoms with van der Waals surface area (Å²) in [7, 11) is 0. The molecule has 1 amide bonds. The van der Waals surface area contributed by atoms with Crippen LogP contribution in [0.2, 0.25) is 0 Å². The molecule has 2 aromatic rings. The number of aliphatic hydroxyl groups excluding tert-OH is 1. The van der Waals surface area contributed by atoms with Crippen LogP contribution in [-0.2, 0) is 0 Å². The molecule has 1 aromatic heterocycles. The third-order valence-electron chi connectivity index (χ3n) is 3.82. The van der Waals surface area contributed by atoms with Gasteiger partial charge in [0, 0.05) is 30.4 Å². The van der Waals surface area contributed by atoms with Crippen molar-refractivity contribution < 1.29 is 14.3 Å². The van der Waals surface area contributed by atoms with Gasteiger partial charge in [-0.1, -0.05) is 0 Å². The molecule has 0 unspecified atom stereocenters. The summed E-state index contributed by atoms with van der Waals surface area (Å²) >= 11 is 0. The molecule has 1 saturated heterocycles. The minimum Gasteiger partial charge on any atom is -0.393 e. The van der Waals surface area contributed by atoms with Crippen LogP contribution in [0, 0.1) is 5.82 Å². The second-order valence-corrected chi connectivity index (χ2v) is 5.31. The highest BCUT2D eigenvalue weighted by atomic mass is 19.1. The molecule has 1 aromatic carbocycles. The highest BCUT2D eigenvalue weighted by Crippen LogP contribution is 2.25. The maximum atomic E-state index is 13.6. The van der Waals surface area contributed by atoms with E-state index in [1.807, 2.05) is 0 Å². The summed E-state index contributed by atoms with van der Waals surface area (Å²) in [6.45, 7) is 1.00. The predicted octanol–water partition coefficient (Wildman–Crippen LogP) is 1.88. The van der Waals surface area contributed by atoms with Gasteiger partial charge in [-0.25, -0.2) is 14.4 Å². The molecule has 0 aliphatic carbocycles. The Hall–Kier alpha value is -2.34. The number of aromatic nitrogens is 2. The summed E-state index contributed by atoms with van der Waals surface area (Å²) in [5, 5.41) is 9.54. The number of rotatable bonds is 2. The standard InChI is InChI=1S/C16H16FN3O2/c17-11-1-2-13(14(9-11)15-3-6-18-10-19-15)16(22)20-7-4-12(21)5-8-20/h1-3,6,9-10,12,21H,4-5,7-8H2. The van der Waals surface area contributed by atoms with Gasteiger partial charge in [0.2, 0.25) is 0 Å². The van der Waals surface area contributed by atoms with Crippen molar-refractivity contribution in [1.82, 2.24) is 14.9 Å². The Labute approximate surface area is 127 Å². The first kappa shape index (κ1) is 14.6. The summed E-state index contributed by atoms with van der Waals surface area (Å²) in [6, 6.07) is 5.72. The van der Waals surface area contributed by atoms with Crippen molar-refractivity contribution in [2.75, 3.05) is 13.1 Å². The van der Waals surface area contributed by atoms with Crippen molar-refractivity contribution in [2.45, 2.75) is 18.9 Å². The quantitative estimate of drug-likeness (QED) is 0.919. The van der Waals surface area contributed by atoms with Gasteiger partial charge in [-0.3, -0.25) is 4.79 Å². The minimum absolute atomic E-state index is 0.166. The lowest BCUT2D eigenvalue weighted by Gasteiger charge is -2.30. The number of aliphatic hydroxyl groups is 1. The van der Waals surface area contributed by atoms with Gasteiger partial charge in [0.15, 0.2) is 0 Å². The minimum atomic E-state index is -0.417. The molecule has 3 rings (SSSR count). The van der Waals surface area contributed by atoms with E-state index < -0.39 is 5.82 Å². The van der Waals surface area contributed by atoms with Crippen LogP contribution >= 0.6 is 0 Å². The normalized spacial score (nSPS) is 15.8. The van der Waals surface area contributed by atoms with Crippen LogP contribution in [0.3, 0.4) is 0 Å². The summed E-state index contributed by atoms with van der Waals surface area (Å²) < 4.78 is 13.6. The van der Waals surface area contributed by atoms with Crippen molar-refractivity contribution >= 4 is 5.91 Å². The zero-order chi connectivity index (χ0) is 15.5. The largest absolute Gasteiger partial charge is 0.393 e. The summed E-state index contributed by atoms with van der Waals surface area (Å²) in [4.78, 5) is 22.3. The molecule has 2 heterocycles. The van der Waals surface area contributed by atoms with Crippen molar-refractivity contribution in [3.8, 4) is 11.3 Å². The number of carbonyl (C=O) groups excluding carboxylic acids is 1. The zero-order valence-electron chi connectivity index (χ0n) is 11.9. The van der Waals surface area contributed by atoms with Crippen LogP contribution in [0.5, 0.6) is 0 Å². The van der Waals surface area contributed by atoms with Crippen LogP contribution in [0.1, 0.15) is 23.2 Å². The topological polar surface area (TPSA) is 66.3 Å². The van der Waals surface area contributed by atoms with Gasteiger partial charge in [0.05, 0.1) is 11.8 Å². The van der Waals surface area contributed by atoms with Crippen LogP contribution in [0.4, 0.5) is 4.39 Å². The summed E-state index contributed by atoms with van der Waals surface area (Å²) in [6.07, 6.45) is 3.70. The third-order valence-corrected chi connectivity index (χ3v) is 3.82. The number of hydrogen-bond donors (Lipinski definition) is 1. The molecule has 0 atom stereocenters. The maximum absolute atomic E-state index is 13.6. The van der Waals surface area contributed by atoms with E-state index in [0.29, 0.717) is 42.8 Å². The van der Waals surface area contributed by atoms with Crippen molar-refractivity contribution in [1.29, 1.82) is 0 Å². The lowest BCUT2D eigenvalue weighted by atomic mass is 10.0. The maximum Gasteiger partial charge on any atom is 0.254 e. The van der Waals surface area contributed by atoms with Crippen LogP contribution < -0.4 is 0 Å². The average molecular weight is 301 g/mol. The first-order valence-electron chi connectivity index (χ1n) is 7.18. The number of halogens is 1. The third kappa shape index (κ3) is 2.96. The molecule has 0 bridgehead atoms. The fraction of sp³-hybridized carbons (Fsp3) is 0.312. The van der Waals surface area contributed by atoms with Crippen LogP contribution in [-0.4, -0.2) is 45.1 Å². The van der Waals surface area contributed by atoms with Gasteiger partial charge < -0.3 is 10.0 Å². The molecule has 5 nitrogen and oxygen atoms in total. The van der Waals surface area contributed by atoms with E-state index in [1.54, 1.807) is 17.2 Å². The van der Waals surface area contributed by atoms with Crippen molar-refractivity contribution in [3.63, 3.8) is 0 Å². The molecule has 0 saturated carbocycles. The number of likely N-dealkylation sites (tertiary alicyclic amines) is 1. The predicted molar refractivity (Wildman–Crippen MR) is 78.6 cm³/mol. The van der Waals surface area contributed by atoms with Gasteiger partial charge in [0.25, 0.3) is 5.91 Å². The zero-order valence-corrected chi connectivity index (χ0v) is 11.9. The van der Waals surface area contributed by atoms with E-state index >= 15 is 0 Å². The number of hydrogen-bond acceptors (Lipinski definition) is 4. The molecule has 1 aliphatic heterocycles. The molecule has 1 fully saturated rings. The highest BCUT2D eigenvalue weighted by molar-refractivity contribution is 6.00. The van der Waals surface area contributed by atoms with E-state index in [-0.39, 0.29) is 12.0 Å². The van der Waals surface area contributed by atoms with E-state index in [0.717, 1.165) is 0 Å². The second kappa shape index (κ2) is 6.19. The second-order valence-electron chi connectivity index (χ2n) is 5.31. The van der Waals surface area contributed by atoms with Crippen molar-refractivity contribution in [3.05, 3.63) is 48.2 Å².